The zero-order valence-electron chi connectivity index (χ0n) is 9.88. The first-order valence-corrected chi connectivity index (χ1v) is 7.36. The topological polar surface area (TPSA) is 12.0 Å². The minimum Gasteiger partial charge on any atom is -0.312 e. The van der Waals surface area contributed by atoms with Gasteiger partial charge < -0.3 is 5.32 Å². The number of hydrogen-bond acceptors (Lipinski definition) is 2. The molecule has 2 atom stereocenters. The van der Waals surface area contributed by atoms with Crippen LogP contribution in [0.2, 0.25) is 0 Å². The monoisotopic (exact) mass is 215 g/mol. The van der Waals surface area contributed by atoms with Crippen LogP contribution < -0.4 is 5.32 Å². The maximum atomic E-state index is 3.70. The van der Waals surface area contributed by atoms with Crippen LogP contribution in [0.4, 0.5) is 0 Å². The summed E-state index contributed by atoms with van der Waals surface area (Å²) in [5.41, 5.74) is 0. The first-order chi connectivity index (χ1) is 6.72. The van der Waals surface area contributed by atoms with Crippen LogP contribution in [0, 0.1) is 5.92 Å². The van der Waals surface area contributed by atoms with Crippen LogP contribution in [0.25, 0.3) is 0 Å². The second kappa shape index (κ2) is 6.73. The largest absolute Gasteiger partial charge is 0.312 e. The van der Waals surface area contributed by atoms with E-state index in [-0.39, 0.29) is 0 Å². The molecule has 0 aromatic rings. The van der Waals surface area contributed by atoms with E-state index in [0.717, 1.165) is 12.0 Å². The lowest BCUT2D eigenvalue weighted by atomic mass is 9.81. The van der Waals surface area contributed by atoms with Crippen molar-refractivity contribution in [2.24, 2.45) is 5.92 Å². The Hall–Kier alpha value is 0.310. The van der Waals surface area contributed by atoms with Crippen molar-refractivity contribution in [3.05, 3.63) is 0 Å². The highest BCUT2D eigenvalue weighted by atomic mass is 32.2. The molecule has 1 nitrogen and oxygen atoms in total. The molecule has 2 heteroatoms. The Kier molecular flexibility index (Phi) is 5.95. The standard InChI is InChI=1S/C12H25NS/c1-10(7-8-14-3)13-11(2)9-12-5-4-6-12/h10-13H,4-9H2,1-3H3. The van der Waals surface area contributed by atoms with Crippen molar-refractivity contribution in [1.29, 1.82) is 0 Å². The van der Waals surface area contributed by atoms with Crippen molar-refractivity contribution in [2.75, 3.05) is 12.0 Å². The summed E-state index contributed by atoms with van der Waals surface area (Å²) in [5, 5.41) is 3.70. The maximum absolute atomic E-state index is 3.70. The summed E-state index contributed by atoms with van der Waals surface area (Å²) in [6.45, 7) is 4.65. The highest BCUT2D eigenvalue weighted by Gasteiger charge is 2.20. The van der Waals surface area contributed by atoms with E-state index in [0.29, 0.717) is 6.04 Å². The van der Waals surface area contributed by atoms with E-state index in [2.05, 4.69) is 25.4 Å². The van der Waals surface area contributed by atoms with Gasteiger partial charge in [-0.3, -0.25) is 0 Å². The first-order valence-electron chi connectivity index (χ1n) is 5.97. The second-order valence-electron chi connectivity index (χ2n) is 4.78. The molecule has 0 bridgehead atoms. The van der Waals surface area contributed by atoms with Gasteiger partial charge in [-0.1, -0.05) is 19.3 Å². The molecule has 1 aliphatic rings. The van der Waals surface area contributed by atoms with Crippen LogP contribution in [0.5, 0.6) is 0 Å². The zero-order valence-corrected chi connectivity index (χ0v) is 10.7. The van der Waals surface area contributed by atoms with Crippen molar-refractivity contribution < 1.29 is 0 Å². The van der Waals surface area contributed by atoms with E-state index in [9.17, 15) is 0 Å². The fraction of sp³-hybridized carbons (Fsp3) is 1.00. The van der Waals surface area contributed by atoms with Gasteiger partial charge in [0.15, 0.2) is 0 Å². The lowest BCUT2D eigenvalue weighted by Crippen LogP contribution is -2.37. The number of nitrogens with one attached hydrogen (secondary N) is 1. The normalized spacial score (nSPS) is 21.6. The summed E-state index contributed by atoms with van der Waals surface area (Å²) < 4.78 is 0. The van der Waals surface area contributed by atoms with Gasteiger partial charge in [-0.15, -0.1) is 0 Å². The van der Waals surface area contributed by atoms with Crippen molar-refractivity contribution in [3.8, 4) is 0 Å². The molecule has 1 aliphatic carbocycles. The number of hydrogen-bond donors (Lipinski definition) is 1. The molecule has 0 amide bonds. The van der Waals surface area contributed by atoms with Crippen molar-refractivity contribution in [1.82, 2.24) is 5.32 Å². The summed E-state index contributed by atoms with van der Waals surface area (Å²) in [6.07, 6.45) is 9.31. The van der Waals surface area contributed by atoms with Crippen LogP contribution in [-0.2, 0) is 0 Å². The Morgan fingerprint density at radius 1 is 1.29 bits per heavy atom. The Bertz CT molecular complexity index is 145. The van der Waals surface area contributed by atoms with Crippen molar-refractivity contribution in [3.63, 3.8) is 0 Å². The average molecular weight is 215 g/mol. The molecule has 0 aromatic heterocycles. The lowest BCUT2D eigenvalue weighted by Gasteiger charge is -2.30. The molecule has 1 rings (SSSR count). The molecule has 1 saturated carbocycles. The predicted octanol–water partition coefficient (Wildman–Crippen LogP) is 3.30. The summed E-state index contributed by atoms with van der Waals surface area (Å²) in [5.74, 6) is 2.31. The van der Waals surface area contributed by atoms with Crippen LogP contribution in [0.3, 0.4) is 0 Å². The predicted molar refractivity (Wildman–Crippen MR) is 67.0 cm³/mol. The third-order valence-corrected chi connectivity index (χ3v) is 3.88. The first kappa shape index (κ1) is 12.4. The minimum atomic E-state index is 0.692. The molecule has 0 saturated heterocycles. The van der Waals surface area contributed by atoms with E-state index in [1.54, 1.807) is 0 Å². The molecular formula is C12H25NS. The molecule has 1 fully saturated rings. The molecule has 0 aromatic carbocycles. The summed E-state index contributed by atoms with van der Waals surface area (Å²) >= 11 is 1.95. The third-order valence-electron chi connectivity index (χ3n) is 3.24. The van der Waals surface area contributed by atoms with Crippen LogP contribution in [0.1, 0.15) is 46.0 Å². The van der Waals surface area contributed by atoms with Crippen LogP contribution >= 0.6 is 11.8 Å². The molecule has 84 valence electrons. The number of rotatable bonds is 7. The molecule has 0 heterocycles. The highest BCUT2D eigenvalue weighted by Crippen LogP contribution is 2.30. The average Bonchev–Trinajstić information content (AvgIpc) is 2.08. The second-order valence-corrected chi connectivity index (χ2v) is 5.77. The van der Waals surface area contributed by atoms with Gasteiger partial charge in [-0.05, 0) is 44.6 Å². The molecule has 1 N–H and O–H groups in total. The lowest BCUT2D eigenvalue weighted by molar-refractivity contribution is 0.258. The molecule has 14 heavy (non-hydrogen) atoms. The van der Waals surface area contributed by atoms with Crippen LogP contribution in [-0.4, -0.2) is 24.1 Å². The van der Waals surface area contributed by atoms with Gasteiger partial charge in [0.05, 0.1) is 0 Å². The van der Waals surface area contributed by atoms with Gasteiger partial charge in [0.2, 0.25) is 0 Å². The Morgan fingerprint density at radius 3 is 2.50 bits per heavy atom. The summed E-state index contributed by atoms with van der Waals surface area (Å²) in [6, 6.07) is 1.41. The Morgan fingerprint density at radius 2 is 2.00 bits per heavy atom. The molecule has 0 spiro atoms. The smallest absolute Gasteiger partial charge is 0.00490 e. The summed E-state index contributed by atoms with van der Waals surface area (Å²) in [7, 11) is 0. The Labute approximate surface area is 93.4 Å². The third kappa shape index (κ3) is 4.70. The SMILES string of the molecule is CSCCC(C)NC(C)CC1CCC1. The zero-order chi connectivity index (χ0) is 10.4. The molecular weight excluding hydrogens is 190 g/mol. The number of thioether (sulfide) groups is 1. The minimum absolute atomic E-state index is 0.692. The van der Waals surface area contributed by atoms with E-state index in [1.807, 2.05) is 11.8 Å². The molecule has 0 aliphatic heterocycles. The van der Waals surface area contributed by atoms with Crippen LogP contribution in [0.15, 0.2) is 0 Å². The van der Waals surface area contributed by atoms with E-state index in [1.165, 1.54) is 37.9 Å². The Balaban J connectivity index is 2.02. The van der Waals surface area contributed by atoms with Gasteiger partial charge in [0.1, 0.15) is 0 Å². The van der Waals surface area contributed by atoms with Gasteiger partial charge in [0.25, 0.3) is 0 Å². The molecule has 0 radical (unpaired) electrons. The quantitative estimate of drug-likeness (QED) is 0.699. The van der Waals surface area contributed by atoms with Crippen molar-refractivity contribution in [2.45, 2.75) is 58.0 Å². The fourth-order valence-corrected chi connectivity index (χ4v) is 2.75. The maximum Gasteiger partial charge on any atom is 0.00490 e. The van der Waals surface area contributed by atoms with Gasteiger partial charge in [0, 0.05) is 12.1 Å². The molecule has 2 unspecified atom stereocenters. The van der Waals surface area contributed by atoms with Gasteiger partial charge >= 0.3 is 0 Å². The summed E-state index contributed by atoms with van der Waals surface area (Å²) in [4.78, 5) is 0. The van der Waals surface area contributed by atoms with E-state index in [4.69, 9.17) is 0 Å². The van der Waals surface area contributed by atoms with E-state index < -0.39 is 0 Å². The fourth-order valence-electron chi connectivity index (χ4n) is 2.16. The van der Waals surface area contributed by atoms with Gasteiger partial charge in [-0.25, -0.2) is 0 Å². The van der Waals surface area contributed by atoms with E-state index >= 15 is 0 Å². The highest BCUT2D eigenvalue weighted by molar-refractivity contribution is 7.98. The van der Waals surface area contributed by atoms with Crippen molar-refractivity contribution >= 4 is 11.8 Å². The van der Waals surface area contributed by atoms with Gasteiger partial charge in [-0.2, -0.15) is 11.8 Å².